The van der Waals surface area contributed by atoms with E-state index in [2.05, 4.69) is 0 Å². The summed E-state index contributed by atoms with van der Waals surface area (Å²) in [5.74, 6) is -1.22. The lowest BCUT2D eigenvalue weighted by molar-refractivity contribution is 0.00471. The number of Topliss-reactive ketones (excluding diaryl/α,β-unsaturated/α-hetero) is 1. The number of ether oxygens (including phenoxy) is 2. The van der Waals surface area contributed by atoms with Gasteiger partial charge in [0.2, 0.25) is 0 Å². The van der Waals surface area contributed by atoms with Gasteiger partial charge in [-0.3, -0.25) is 4.79 Å². The standard InChI is InChI=1S/C18H18F2O4/c1-12(21)16-7-6-15(8-18(16)20)24-11-14(22)10-23-9-13-4-2-3-5-17(13)19/h2-8,14,22H,9-11H2,1H3. The van der Waals surface area contributed by atoms with Crippen molar-refractivity contribution in [1.29, 1.82) is 0 Å². The van der Waals surface area contributed by atoms with Gasteiger partial charge < -0.3 is 14.6 Å². The molecule has 2 aromatic carbocycles. The van der Waals surface area contributed by atoms with Gasteiger partial charge in [0, 0.05) is 11.6 Å². The molecule has 1 unspecified atom stereocenters. The van der Waals surface area contributed by atoms with Crippen LogP contribution in [0.4, 0.5) is 8.78 Å². The van der Waals surface area contributed by atoms with E-state index in [1.807, 2.05) is 0 Å². The van der Waals surface area contributed by atoms with Crippen molar-refractivity contribution in [2.45, 2.75) is 19.6 Å². The zero-order valence-electron chi connectivity index (χ0n) is 13.2. The minimum absolute atomic E-state index is 0.0175. The van der Waals surface area contributed by atoms with E-state index >= 15 is 0 Å². The third-order valence-corrected chi connectivity index (χ3v) is 3.29. The van der Waals surface area contributed by atoms with Gasteiger partial charge in [0.05, 0.1) is 18.8 Å². The van der Waals surface area contributed by atoms with Crippen molar-refractivity contribution >= 4 is 5.78 Å². The van der Waals surface area contributed by atoms with E-state index in [-0.39, 0.29) is 42.7 Å². The molecule has 128 valence electrons. The molecule has 0 amide bonds. The topological polar surface area (TPSA) is 55.8 Å². The Bertz CT molecular complexity index is 703. The first-order chi connectivity index (χ1) is 11.5. The normalized spacial score (nSPS) is 12.0. The van der Waals surface area contributed by atoms with E-state index in [4.69, 9.17) is 9.47 Å². The van der Waals surface area contributed by atoms with Crippen LogP contribution < -0.4 is 4.74 Å². The highest BCUT2D eigenvalue weighted by atomic mass is 19.1. The number of rotatable bonds is 8. The predicted octanol–water partition coefficient (Wildman–Crippen LogP) is 3.12. The van der Waals surface area contributed by atoms with Gasteiger partial charge in [-0.05, 0) is 25.1 Å². The summed E-state index contributed by atoms with van der Waals surface area (Å²) in [6, 6.07) is 10.1. The molecule has 0 heterocycles. The number of ketones is 1. The van der Waals surface area contributed by atoms with Crippen LogP contribution in [-0.2, 0) is 11.3 Å². The van der Waals surface area contributed by atoms with Gasteiger partial charge in [0.25, 0.3) is 0 Å². The van der Waals surface area contributed by atoms with E-state index < -0.39 is 11.9 Å². The minimum Gasteiger partial charge on any atom is -0.491 e. The third-order valence-electron chi connectivity index (χ3n) is 3.29. The Morgan fingerprint density at radius 3 is 2.54 bits per heavy atom. The summed E-state index contributed by atoms with van der Waals surface area (Å²) in [7, 11) is 0. The van der Waals surface area contributed by atoms with Crippen LogP contribution in [0.2, 0.25) is 0 Å². The molecule has 0 fully saturated rings. The van der Waals surface area contributed by atoms with Crippen LogP contribution in [0.1, 0.15) is 22.8 Å². The van der Waals surface area contributed by atoms with Crippen molar-refractivity contribution in [3.05, 3.63) is 65.2 Å². The summed E-state index contributed by atoms with van der Waals surface area (Å²) < 4.78 is 37.5. The molecule has 4 nitrogen and oxygen atoms in total. The van der Waals surface area contributed by atoms with Crippen LogP contribution >= 0.6 is 0 Å². The maximum absolute atomic E-state index is 13.6. The molecule has 6 heteroatoms. The number of hydrogen-bond donors (Lipinski definition) is 1. The molecule has 0 bridgehead atoms. The Morgan fingerprint density at radius 1 is 1.12 bits per heavy atom. The smallest absolute Gasteiger partial charge is 0.162 e. The molecule has 0 aliphatic rings. The Hall–Kier alpha value is -2.31. The van der Waals surface area contributed by atoms with Gasteiger partial charge in [-0.15, -0.1) is 0 Å². The van der Waals surface area contributed by atoms with E-state index in [1.54, 1.807) is 18.2 Å². The Labute approximate surface area is 138 Å². The highest BCUT2D eigenvalue weighted by molar-refractivity contribution is 5.94. The summed E-state index contributed by atoms with van der Waals surface area (Å²) in [4.78, 5) is 11.1. The van der Waals surface area contributed by atoms with Crippen molar-refractivity contribution in [1.82, 2.24) is 0 Å². The van der Waals surface area contributed by atoms with E-state index in [9.17, 15) is 18.7 Å². The second-order valence-electron chi connectivity index (χ2n) is 5.27. The molecule has 24 heavy (non-hydrogen) atoms. The molecule has 2 rings (SSSR count). The average Bonchev–Trinajstić information content (AvgIpc) is 2.54. The first-order valence-corrected chi connectivity index (χ1v) is 7.40. The van der Waals surface area contributed by atoms with Crippen LogP contribution in [0.25, 0.3) is 0 Å². The fraction of sp³-hybridized carbons (Fsp3) is 0.278. The SMILES string of the molecule is CC(=O)c1ccc(OCC(O)COCc2ccccc2F)cc1F. The number of carbonyl (C=O) groups is 1. The first-order valence-electron chi connectivity index (χ1n) is 7.40. The van der Waals surface area contributed by atoms with Crippen molar-refractivity contribution in [3.8, 4) is 5.75 Å². The minimum atomic E-state index is -0.952. The van der Waals surface area contributed by atoms with Gasteiger partial charge >= 0.3 is 0 Å². The lowest BCUT2D eigenvalue weighted by Gasteiger charge is -2.13. The zero-order valence-corrected chi connectivity index (χ0v) is 13.2. The summed E-state index contributed by atoms with van der Waals surface area (Å²) >= 11 is 0. The zero-order chi connectivity index (χ0) is 17.5. The molecule has 2 aromatic rings. The monoisotopic (exact) mass is 336 g/mol. The highest BCUT2D eigenvalue weighted by Crippen LogP contribution is 2.17. The molecule has 0 aromatic heterocycles. The van der Waals surface area contributed by atoms with E-state index in [0.717, 1.165) is 6.07 Å². The molecule has 1 N–H and O–H groups in total. The Kier molecular flexibility index (Phi) is 6.40. The lowest BCUT2D eigenvalue weighted by Crippen LogP contribution is -2.23. The highest BCUT2D eigenvalue weighted by Gasteiger charge is 2.11. The Morgan fingerprint density at radius 2 is 1.88 bits per heavy atom. The quantitative estimate of drug-likeness (QED) is 0.753. The molecular weight excluding hydrogens is 318 g/mol. The molecule has 1 atom stereocenters. The van der Waals surface area contributed by atoms with Crippen LogP contribution in [0, 0.1) is 11.6 Å². The summed E-state index contributed by atoms with van der Waals surface area (Å²) in [6.45, 7) is 1.14. The summed E-state index contributed by atoms with van der Waals surface area (Å²) in [5.41, 5.74) is 0.378. The van der Waals surface area contributed by atoms with Crippen molar-refractivity contribution in [2.75, 3.05) is 13.2 Å². The maximum Gasteiger partial charge on any atom is 0.162 e. The Balaban J connectivity index is 1.77. The molecule has 0 saturated heterocycles. The molecule has 0 aliphatic carbocycles. The fourth-order valence-electron chi connectivity index (χ4n) is 2.03. The number of aliphatic hydroxyl groups is 1. The first kappa shape index (κ1) is 18.0. The van der Waals surface area contributed by atoms with Gasteiger partial charge in [-0.2, -0.15) is 0 Å². The van der Waals surface area contributed by atoms with Crippen molar-refractivity contribution < 1.29 is 28.2 Å². The number of benzene rings is 2. The third kappa shape index (κ3) is 5.11. The predicted molar refractivity (Wildman–Crippen MR) is 84.0 cm³/mol. The number of carbonyl (C=O) groups excluding carboxylic acids is 1. The molecule has 0 spiro atoms. The van der Waals surface area contributed by atoms with Gasteiger partial charge in [0.1, 0.15) is 30.1 Å². The van der Waals surface area contributed by atoms with E-state index in [1.165, 1.54) is 25.1 Å². The van der Waals surface area contributed by atoms with Gasteiger partial charge in [-0.1, -0.05) is 18.2 Å². The van der Waals surface area contributed by atoms with Crippen LogP contribution in [0.15, 0.2) is 42.5 Å². The van der Waals surface area contributed by atoms with Gasteiger partial charge in [0.15, 0.2) is 5.78 Å². The second-order valence-corrected chi connectivity index (χ2v) is 5.27. The van der Waals surface area contributed by atoms with Crippen molar-refractivity contribution in [2.24, 2.45) is 0 Å². The summed E-state index contributed by atoms with van der Waals surface area (Å²) in [6.07, 6.45) is -0.952. The molecule has 0 saturated carbocycles. The summed E-state index contributed by atoms with van der Waals surface area (Å²) in [5, 5.41) is 9.78. The number of hydrogen-bond acceptors (Lipinski definition) is 4. The molecule has 0 radical (unpaired) electrons. The van der Waals surface area contributed by atoms with Crippen LogP contribution in [-0.4, -0.2) is 30.2 Å². The maximum atomic E-state index is 13.6. The molecule has 0 aliphatic heterocycles. The number of halogens is 2. The fourth-order valence-corrected chi connectivity index (χ4v) is 2.03. The van der Waals surface area contributed by atoms with Crippen LogP contribution in [0.3, 0.4) is 0 Å². The van der Waals surface area contributed by atoms with E-state index in [0.29, 0.717) is 5.56 Å². The average molecular weight is 336 g/mol. The van der Waals surface area contributed by atoms with Crippen LogP contribution in [0.5, 0.6) is 5.75 Å². The van der Waals surface area contributed by atoms with Crippen molar-refractivity contribution in [3.63, 3.8) is 0 Å². The second kappa shape index (κ2) is 8.52. The lowest BCUT2D eigenvalue weighted by atomic mass is 10.1. The number of aliphatic hydroxyl groups excluding tert-OH is 1. The largest absolute Gasteiger partial charge is 0.491 e. The van der Waals surface area contributed by atoms with Gasteiger partial charge in [-0.25, -0.2) is 8.78 Å². The molecular formula is C18H18F2O4.